The second kappa shape index (κ2) is 9.80. The summed E-state index contributed by atoms with van der Waals surface area (Å²) in [5, 5.41) is 6.63. The molecule has 0 bridgehead atoms. The maximum Gasteiger partial charge on any atom is 0.410 e. The lowest BCUT2D eigenvalue weighted by molar-refractivity contribution is 0.121. The van der Waals surface area contributed by atoms with Crippen LogP contribution in [0.1, 0.15) is 20.8 Å². The van der Waals surface area contributed by atoms with Gasteiger partial charge in [-0.3, -0.25) is 16.0 Å². The molecule has 110 valence electrons. The Labute approximate surface area is 110 Å². The van der Waals surface area contributed by atoms with Gasteiger partial charge in [0.05, 0.1) is 19.8 Å². The van der Waals surface area contributed by atoms with Crippen molar-refractivity contribution in [3.8, 4) is 0 Å². The number of ether oxygens (including phenoxy) is 3. The number of carbonyl (C=O) groups is 3. The minimum absolute atomic E-state index is 0.150. The van der Waals surface area contributed by atoms with E-state index in [0.29, 0.717) is 0 Å². The molecule has 3 amide bonds. The Morgan fingerprint density at radius 1 is 0.737 bits per heavy atom. The summed E-state index contributed by atoms with van der Waals surface area (Å²) in [5.41, 5.74) is 0. The van der Waals surface area contributed by atoms with Crippen LogP contribution in [0.4, 0.5) is 14.4 Å². The smallest absolute Gasteiger partial charge is 0.410 e. The summed E-state index contributed by atoms with van der Waals surface area (Å²) in [6.07, 6.45) is -3.61. The number of hydrogen-bond donors (Lipinski definition) is 3. The van der Waals surface area contributed by atoms with Crippen molar-refractivity contribution in [1.82, 2.24) is 16.0 Å². The van der Waals surface area contributed by atoms with E-state index < -0.39 is 24.6 Å². The van der Waals surface area contributed by atoms with Gasteiger partial charge in [0, 0.05) is 0 Å². The third-order valence-electron chi connectivity index (χ3n) is 1.61. The average molecular weight is 277 g/mol. The molecule has 0 aromatic carbocycles. The molecule has 0 aliphatic carbocycles. The maximum atomic E-state index is 11.2. The van der Waals surface area contributed by atoms with Gasteiger partial charge < -0.3 is 14.2 Å². The molecule has 0 heterocycles. The summed E-state index contributed by atoms with van der Waals surface area (Å²) < 4.78 is 13.9. The third-order valence-corrected chi connectivity index (χ3v) is 1.61. The third kappa shape index (κ3) is 8.52. The fourth-order valence-corrected chi connectivity index (χ4v) is 0.980. The van der Waals surface area contributed by atoms with Crippen molar-refractivity contribution in [3.05, 3.63) is 0 Å². The number of carbonyl (C=O) groups excluding carboxylic acids is 3. The molecule has 0 saturated heterocycles. The van der Waals surface area contributed by atoms with Crippen LogP contribution in [0, 0.1) is 0 Å². The van der Waals surface area contributed by atoms with E-state index in [1.54, 1.807) is 20.8 Å². The average Bonchev–Trinajstić information content (AvgIpc) is 2.29. The number of nitrogens with one attached hydrogen (secondary N) is 3. The first-order valence-corrected chi connectivity index (χ1v) is 5.83. The highest BCUT2D eigenvalue weighted by atomic mass is 16.6. The molecule has 0 spiro atoms. The molecule has 0 aromatic heterocycles. The molecule has 0 saturated carbocycles. The zero-order chi connectivity index (χ0) is 14.7. The summed E-state index contributed by atoms with van der Waals surface area (Å²) in [5.74, 6) is 0. The number of rotatable bonds is 6. The zero-order valence-corrected chi connectivity index (χ0v) is 11.1. The van der Waals surface area contributed by atoms with Gasteiger partial charge in [0.25, 0.3) is 0 Å². The first kappa shape index (κ1) is 16.8. The number of amides is 3. The Bertz CT molecular complexity index is 262. The van der Waals surface area contributed by atoms with Crippen LogP contribution < -0.4 is 16.0 Å². The molecule has 3 N–H and O–H groups in total. The van der Waals surface area contributed by atoms with E-state index in [4.69, 9.17) is 0 Å². The van der Waals surface area contributed by atoms with E-state index in [2.05, 4.69) is 30.2 Å². The molecule has 9 heteroatoms. The van der Waals surface area contributed by atoms with E-state index in [0.717, 1.165) is 0 Å². The Morgan fingerprint density at radius 2 is 1.00 bits per heavy atom. The molecule has 0 rings (SSSR count). The second-order valence-electron chi connectivity index (χ2n) is 3.03. The van der Waals surface area contributed by atoms with Crippen molar-refractivity contribution in [2.24, 2.45) is 0 Å². The van der Waals surface area contributed by atoms with Crippen LogP contribution in [0.2, 0.25) is 0 Å². The van der Waals surface area contributed by atoms with Crippen LogP contribution in [-0.4, -0.2) is 44.4 Å². The lowest BCUT2D eigenvalue weighted by Gasteiger charge is -2.20. The maximum absolute atomic E-state index is 11.2. The van der Waals surface area contributed by atoms with Crippen LogP contribution in [0.15, 0.2) is 0 Å². The van der Waals surface area contributed by atoms with Crippen LogP contribution >= 0.6 is 0 Å². The molecule has 0 atom stereocenters. The molecule has 0 aromatic rings. The van der Waals surface area contributed by atoms with Gasteiger partial charge in [-0.2, -0.15) is 0 Å². The highest BCUT2D eigenvalue weighted by Gasteiger charge is 2.18. The largest absolute Gasteiger partial charge is 0.450 e. The standard InChI is InChI=1S/C10H19N3O6/c1-4-17-8(14)11-7(12-9(15)18-5-2)13-10(16)19-6-3/h7H,4-6H2,1-3H3,(H,11,14)(H,12,15)(H,13,16). The van der Waals surface area contributed by atoms with Crippen molar-refractivity contribution in [2.75, 3.05) is 19.8 Å². The molecule has 0 aliphatic heterocycles. The van der Waals surface area contributed by atoms with Crippen molar-refractivity contribution in [1.29, 1.82) is 0 Å². The SMILES string of the molecule is CCOC(=O)NC(NC(=O)OCC)NC(=O)OCC. The Morgan fingerprint density at radius 3 is 1.21 bits per heavy atom. The van der Waals surface area contributed by atoms with E-state index >= 15 is 0 Å². The number of hydrogen-bond acceptors (Lipinski definition) is 6. The molecule has 0 unspecified atom stereocenters. The monoisotopic (exact) mass is 277 g/mol. The van der Waals surface area contributed by atoms with E-state index in [1.165, 1.54) is 0 Å². The van der Waals surface area contributed by atoms with Crippen molar-refractivity contribution >= 4 is 18.3 Å². The highest BCUT2D eigenvalue weighted by molar-refractivity contribution is 5.73. The van der Waals surface area contributed by atoms with Crippen LogP contribution in [-0.2, 0) is 14.2 Å². The molecule has 9 nitrogen and oxygen atoms in total. The summed E-state index contributed by atoms with van der Waals surface area (Å²) >= 11 is 0. The topological polar surface area (TPSA) is 115 Å². The minimum Gasteiger partial charge on any atom is -0.450 e. The lowest BCUT2D eigenvalue weighted by Crippen LogP contribution is -2.58. The van der Waals surface area contributed by atoms with Gasteiger partial charge in [0.15, 0.2) is 6.29 Å². The van der Waals surface area contributed by atoms with Crippen LogP contribution in [0.3, 0.4) is 0 Å². The Balaban J connectivity index is 4.40. The molecular weight excluding hydrogens is 258 g/mol. The fourth-order valence-electron chi connectivity index (χ4n) is 0.980. The van der Waals surface area contributed by atoms with E-state index in [1.807, 2.05) is 0 Å². The molecular formula is C10H19N3O6. The summed E-state index contributed by atoms with van der Waals surface area (Å²) in [7, 11) is 0. The summed E-state index contributed by atoms with van der Waals surface area (Å²) in [6.45, 7) is 5.30. The Hall–Kier alpha value is -2.19. The van der Waals surface area contributed by atoms with E-state index in [-0.39, 0.29) is 19.8 Å². The summed E-state index contributed by atoms with van der Waals surface area (Å²) in [4.78, 5) is 33.6. The normalized spacial score (nSPS) is 9.47. The second-order valence-corrected chi connectivity index (χ2v) is 3.03. The van der Waals surface area contributed by atoms with Gasteiger partial charge >= 0.3 is 18.3 Å². The van der Waals surface area contributed by atoms with Gasteiger partial charge in [0.2, 0.25) is 0 Å². The van der Waals surface area contributed by atoms with Gasteiger partial charge in [-0.25, -0.2) is 14.4 Å². The van der Waals surface area contributed by atoms with Gasteiger partial charge in [-0.05, 0) is 20.8 Å². The first-order valence-electron chi connectivity index (χ1n) is 5.83. The minimum atomic E-state index is -1.20. The molecule has 0 aliphatic rings. The van der Waals surface area contributed by atoms with Crippen LogP contribution in [0.5, 0.6) is 0 Å². The van der Waals surface area contributed by atoms with Crippen LogP contribution in [0.25, 0.3) is 0 Å². The van der Waals surface area contributed by atoms with Crippen molar-refractivity contribution in [3.63, 3.8) is 0 Å². The quantitative estimate of drug-likeness (QED) is 0.481. The fraction of sp³-hybridized carbons (Fsp3) is 0.700. The van der Waals surface area contributed by atoms with Gasteiger partial charge in [-0.15, -0.1) is 0 Å². The van der Waals surface area contributed by atoms with E-state index in [9.17, 15) is 14.4 Å². The number of alkyl carbamates (subject to hydrolysis) is 3. The zero-order valence-electron chi connectivity index (χ0n) is 11.1. The predicted molar refractivity (Wildman–Crippen MR) is 64.3 cm³/mol. The van der Waals surface area contributed by atoms with Crippen molar-refractivity contribution in [2.45, 2.75) is 27.1 Å². The molecule has 19 heavy (non-hydrogen) atoms. The Kier molecular flexibility index (Phi) is 8.67. The predicted octanol–water partition coefficient (Wildman–Crippen LogP) is 0.508. The first-order chi connectivity index (χ1) is 9.03. The van der Waals surface area contributed by atoms with Gasteiger partial charge in [-0.1, -0.05) is 0 Å². The molecule has 0 radical (unpaired) electrons. The molecule has 0 fully saturated rings. The lowest BCUT2D eigenvalue weighted by atomic mass is 10.7. The van der Waals surface area contributed by atoms with Gasteiger partial charge in [0.1, 0.15) is 0 Å². The highest BCUT2D eigenvalue weighted by Crippen LogP contribution is 1.85. The van der Waals surface area contributed by atoms with Crippen molar-refractivity contribution < 1.29 is 28.6 Å². The summed E-state index contributed by atoms with van der Waals surface area (Å²) in [6, 6.07) is 0.